The molecule has 0 spiro atoms. The lowest BCUT2D eigenvalue weighted by atomic mass is 10.2. The van der Waals surface area contributed by atoms with Crippen LogP contribution in [0.15, 0.2) is 10.4 Å². The van der Waals surface area contributed by atoms with E-state index in [9.17, 15) is 8.42 Å². The van der Waals surface area contributed by atoms with Crippen molar-refractivity contribution in [1.29, 1.82) is 0 Å². The van der Waals surface area contributed by atoms with Crippen molar-refractivity contribution in [3.63, 3.8) is 0 Å². The maximum absolute atomic E-state index is 10.7. The third-order valence-corrected chi connectivity index (χ3v) is 4.23. The van der Waals surface area contributed by atoms with Crippen molar-refractivity contribution in [3.8, 4) is 0 Å². The van der Waals surface area contributed by atoms with Gasteiger partial charge >= 0.3 is 11.4 Å². The van der Waals surface area contributed by atoms with E-state index in [4.69, 9.17) is 13.3 Å². The highest BCUT2D eigenvalue weighted by molar-refractivity contribution is 7.81. The largest absolute Gasteiger partial charge is 0.302 e. The van der Waals surface area contributed by atoms with E-state index in [1.807, 2.05) is 0 Å². The van der Waals surface area contributed by atoms with Crippen LogP contribution in [0.5, 0.6) is 0 Å². The number of aromatic nitrogens is 1. The summed E-state index contributed by atoms with van der Waals surface area (Å²) in [5.41, 5.74) is -1.07. The topological polar surface area (TPSA) is 96.7 Å². The van der Waals surface area contributed by atoms with Crippen LogP contribution < -0.4 is 0 Å². The summed E-state index contributed by atoms with van der Waals surface area (Å²) >= 11 is -3.54. The van der Waals surface area contributed by atoms with Crippen molar-refractivity contribution in [1.82, 2.24) is 4.98 Å². The van der Waals surface area contributed by atoms with Gasteiger partial charge in [-0.2, -0.15) is 4.21 Å². The molecular weight excluding hydrogens is 262 g/mol. The fourth-order valence-electron chi connectivity index (χ4n) is 0.832. The second-order valence-corrected chi connectivity index (χ2v) is 5.87. The van der Waals surface area contributed by atoms with Gasteiger partial charge in [0.1, 0.15) is 14.8 Å². The smallest absolute Gasteiger partial charge is 0.302 e. The molecule has 0 aliphatic carbocycles. The fourth-order valence-corrected chi connectivity index (χ4v) is 2.67. The Labute approximate surface area is 95.5 Å². The van der Waals surface area contributed by atoms with Crippen LogP contribution in [-0.4, -0.2) is 22.5 Å². The van der Waals surface area contributed by atoms with Crippen LogP contribution in [0.1, 0.15) is 18.9 Å². The van der Waals surface area contributed by atoms with Crippen LogP contribution >= 0.6 is 11.3 Å². The van der Waals surface area contributed by atoms with Crippen LogP contribution in [0.25, 0.3) is 0 Å². The first kappa shape index (κ1) is 12.9. The third kappa shape index (κ3) is 3.40. The molecule has 1 heterocycles. The van der Waals surface area contributed by atoms with Crippen molar-refractivity contribution in [2.24, 2.45) is 0 Å². The van der Waals surface area contributed by atoms with Gasteiger partial charge in [0.15, 0.2) is 11.1 Å². The predicted octanol–water partition coefficient (Wildman–Crippen LogP) is 1.11. The van der Waals surface area contributed by atoms with Gasteiger partial charge in [-0.05, 0) is 13.8 Å². The second kappa shape index (κ2) is 4.76. The molecular formula is C6H9NO5S3. The Balaban J connectivity index is 2.94. The Morgan fingerprint density at radius 2 is 2.07 bits per heavy atom. The summed E-state index contributed by atoms with van der Waals surface area (Å²) < 4.78 is 43.4. The van der Waals surface area contributed by atoms with Gasteiger partial charge in [-0.15, -0.1) is 11.3 Å². The highest BCUT2D eigenvalue weighted by Crippen LogP contribution is 2.30. The Hall–Kier alpha value is -0.190. The normalized spacial score (nSPS) is 16.3. The van der Waals surface area contributed by atoms with Gasteiger partial charge < -0.3 is 4.55 Å². The number of thiazole rings is 1. The molecule has 2 atom stereocenters. The van der Waals surface area contributed by atoms with Crippen molar-refractivity contribution in [2.75, 3.05) is 0 Å². The molecule has 6 nitrogen and oxygen atoms in total. The zero-order valence-corrected chi connectivity index (χ0v) is 10.3. The van der Waals surface area contributed by atoms with Crippen molar-refractivity contribution < 1.29 is 21.7 Å². The summed E-state index contributed by atoms with van der Waals surface area (Å²) in [5, 5.41) is 0.363. The number of hydrogen-bond acceptors (Lipinski definition) is 5. The highest BCUT2D eigenvalue weighted by Gasteiger charge is 2.28. The Kier molecular flexibility index (Phi) is 4.09. The maximum atomic E-state index is 10.7. The summed E-state index contributed by atoms with van der Waals surface area (Å²) in [7, 11) is 0. The van der Waals surface area contributed by atoms with E-state index in [2.05, 4.69) is 4.98 Å². The molecule has 0 saturated heterocycles. The molecule has 0 aliphatic rings. The summed E-state index contributed by atoms with van der Waals surface area (Å²) in [6, 6.07) is 0. The Bertz CT molecular complexity index is 401. The Morgan fingerprint density at radius 3 is 2.47 bits per heavy atom. The average Bonchev–Trinajstić information content (AvgIpc) is 2.48. The van der Waals surface area contributed by atoms with E-state index >= 15 is 0 Å². The molecule has 15 heavy (non-hydrogen) atoms. The van der Waals surface area contributed by atoms with Crippen molar-refractivity contribution in [3.05, 3.63) is 11.2 Å². The van der Waals surface area contributed by atoms with Crippen molar-refractivity contribution >= 4 is 33.8 Å². The first-order valence-corrected chi connectivity index (χ1v) is 6.66. The lowest BCUT2D eigenvalue weighted by Gasteiger charge is -2.18. The average molecular weight is 271 g/mol. The van der Waals surface area contributed by atoms with E-state index < -0.39 is 28.0 Å². The van der Waals surface area contributed by atoms with Gasteiger partial charge in [0.2, 0.25) is 0 Å². The number of hydrogen-bond donors (Lipinski definition) is 2. The monoisotopic (exact) mass is 271 g/mol. The molecule has 0 aromatic carbocycles. The lowest BCUT2D eigenvalue weighted by Crippen LogP contribution is -2.22. The summed E-state index contributed by atoms with van der Waals surface area (Å²) in [6.45, 7) is 3.09. The molecule has 86 valence electrons. The molecule has 0 amide bonds. The minimum Gasteiger partial charge on any atom is -0.302 e. The molecule has 0 fully saturated rings. The van der Waals surface area contributed by atoms with E-state index in [0.29, 0.717) is 5.01 Å². The quantitative estimate of drug-likeness (QED) is 0.796. The SMILES string of the molecule is CC(C)(OS(=O)O)c1ncc(S(=O)O)s1. The predicted molar refractivity (Wildman–Crippen MR) is 56.0 cm³/mol. The molecule has 2 unspecified atom stereocenters. The zero-order valence-electron chi connectivity index (χ0n) is 7.87. The molecule has 1 rings (SSSR count). The maximum Gasteiger partial charge on any atom is 0.302 e. The molecule has 9 heteroatoms. The minimum atomic E-state index is -2.41. The fraction of sp³-hybridized carbons (Fsp3) is 0.500. The van der Waals surface area contributed by atoms with Gasteiger partial charge in [0.05, 0.1) is 6.20 Å². The molecule has 2 N–H and O–H groups in total. The molecule has 1 aromatic rings. The lowest BCUT2D eigenvalue weighted by molar-refractivity contribution is 0.114. The molecule has 1 aromatic heterocycles. The van der Waals surface area contributed by atoms with E-state index in [1.165, 1.54) is 6.20 Å². The summed E-state index contributed by atoms with van der Waals surface area (Å²) in [6.07, 6.45) is 1.24. The number of nitrogens with zero attached hydrogens (tertiary/aromatic N) is 1. The van der Waals surface area contributed by atoms with Crippen LogP contribution in [0, 0.1) is 0 Å². The van der Waals surface area contributed by atoms with E-state index in [1.54, 1.807) is 13.8 Å². The Morgan fingerprint density at radius 1 is 1.47 bits per heavy atom. The van der Waals surface area contributed by atoms with Crippen LogP contribution in [-0.2, 0) is 32.2 Å². The van der Waals surface area contributed by atoms with Crippen LogP contribution in [0.2, 0.25) is 0 Å². The molecule has 0 radical (unpaired) electrons. The van der Waals surface area contributed by atoms with E-state index in [-0.39, 0.29) is 4.21 Å². The second-order valence-electron chi connectivity index (χ2n) is 3.04. The minimum absolute atomic E-state index is 0.172. The first-order chi connectivity index (χ1) is 6.83. The van der Waals surface area contributed by atoms with Crippen molar-refractivity contribution in [2.45, 2.75) is 23.7 Å². The van der Waals surface area contributed by atoms with Crippen LogP contribution in [0.4, 0.5) is 0 Å². The summed E-state index contributed by atoms with van der Waals surface area (Å²) in [4.78, 5) is 3.86. The summed E-state index contributed by atoms with van der Waals surface area (Å²) in [5.74, 6) is 0. The first-order valence-electron chi connectivity index (χ1n) is 3.70. The van der Waals surface area contributed by atoms with Gasteiger partial charge in [-0.25, -0.2) is 9.19 Å². The molecule has 0 saturated carbocycles. The number of rotatable bonds is 4. The van der Waals surface area contributed by atoms with E-state index in [0.717, 1.165) is 11.3 Å². The highest BCUT2D eigenvalue weighted by atomic mass is 32.2. The van der Waals surface area contributed by atoms with Gasteiger partial charge in [-0.1, -0.05) is 0 Å². The zero-order chi connectivity index (χ0) is 11.6. The van der Waals surface area contributed by atoms with Gasteiger partial charge in [0.25, 0.3) is 0 Å². The standard InChI is InChI=1S/C6H9NO5S3/c1-6(2,12-15(10)11)5-7-3-4(13-5)14(8)9/h3H,1-2H3,(H,8,9)(H,10,11). The molecule has 0 bridgehead atoms. The van der Waals surface area contributed by atoms with Crippen LogP contribution in [0.3, 0.4) is 0 Å². The third-order valence-electron chi connectivity index (χ3n) is 1.45. The van der Waals surface area contributed by atoms with Gasteiger partial charge in [-0.3, -0.25) is 8.74 Å². The van der Waals surface area contributed by atoms with Gasteiger partial charge in [0, 0.05) is 0 Å². The molecule has 0 aliphatic heterocycles.